The van der Waals surface area contributed by atoms with Crippen molar-refractivity contribution in [3.8, 4) is 0 Å². The van der Waals surface area contributed by atoms with E-state index in [2.05, 4.69) is 10.6 Å². The fraction of sp³-hybridized carbons (Fsp3) is 0.846. The summed E-state index contributed by atoms with van der Waals surface area (Å²) in [7, 11) is 1.60. The molecular formula is C13H26ClN3O2. The van der Waals surface area contributed by atoms with Gasteiger partial charge in [-0.2, -0.15) is 0 Å². The summed E-state index contributed by atoms with van der Waals surface area (Å²) in [4.78, 5) is 23.6. The third kappa shape index (κ3) is 5.37. The monoisotopic (exact) mass is 291 g/mol. The molecule has 1 aliphatic carbocycles. The van der Waals surface area contributed by atoms with E-state index in [1.54, 1.807) is 7.05 Å². The van der Waals surface area contributed by atoms with Gasteiger partial charge in [-0.25, -0.2) is 0 Å². The Labute approximate surface area is 121 Å². The number of rotatable bonds is 4. The minimum Gasteiger partial charge on any atom is -0.359 e. The summed E-state index contributed by atoms with van der Waals surface area (Å²) in [5.74, 6) is -0.0282. The molecule has 0 aromatic heterocycles. The molecule has 0 radical (unpaired) electrons. The van der Waals surface area contributed by atoms with E-state index in [1.807, 2.05) is 13.8 Å². The third-order valence-corrected chi connectivity index (χ3v) is 3.63. The fourth-order valence-electron chi connectivity index (χ4n) is 2.34. The second-order valence-corrected chi connectivity index (χ2v) is 5.80. The quantitative estimate of drug-likeness (QED) is 0.717. The lowest BCUT2D eigenvalue weighted by Gasteiger charge is -2.28. The average molecular weight is 292 g/mol. The molecule has 0 spiro atoms. The van der Waals surface area contributed by atoms with Gasteiger partial charge >= 0.3 is 0 Å². The van der Waals surface area contributed by atoms with Crippen LogP contribution in [0, 0.1) is 11.3 Å². The van der Waals surface area contributed by atoms with Crippen molar-refractivity contribution in [2.24, 2.45) is 17.1 Å². The topological polar surface area (TPSA) is 84.2 Å². The van der Waals surface area contributed by atoms with Gasteiger partial charge in [0.15, 0.2) is 0 Å². The molecule has 0 heterocycles. The van der Waals surface area contributed by atoms with Crippen LogP contribution in [-0.4, -0.2) is 31.4 Å². The summed E-state index contributed by atoms with van der Waals surface area (Å²) in [5, 5.41) is 5.48. The average Bonchev–Trinajstić information content (AvgIpc) is 2.35. The molecule has 2 amide bonds. The van der Waals surface area contributed by atoms with Gasteiger partial charge in [0.05, 0.1) is 5.41 Å². The van der Waals surface area contributed by atoms with Crippen LogP contribution in [0.5, 0.6) is 0 Å². The maximum atomic E-state index is 12.0. The molecular weight excluding hydrogens is 266 g/mol. The number of carbonyl (C=O) groups excluding carboxylic acids is 2. The van der Waals surface area contributed by atoms with Crippen molar-refractivity contribution in [3.63, 3.8) is 0 Å². The molecule has 0 aromatic carbocycles. The highest BCUT2D eigenvalue weighted by atomic mass is 35.5. The van der Waals surface area contributed by atoms with E-state index in [1.165, 1.54) is 0 Å². The Morgan fingerprint density at radius 1 is 1.32 bits per heavy atom. The molecule has 2 atom stereocenters. The van der Waals surface area contributed by atoms with Crippen LogP contribution in [0.25, 0.3) is 0 Å². The first-order valence-electron chi connectivity index (χ1n) is 6.62. The molecule has 112 valence electrons. The van der Waals surface area contributed by atoms with E-state index in [4.69, 9.17) is 5.73 Å². The summed E-state index contributed by atoms with van der Waals surface area (Å²) < 4.78 is 0. The van der Waals surface area contributed by atoms with Gasteiger partial charge in [-0.3, -0.25) is 9.59 Å². The zero-order chi connectivity index (χ0) is 13.8. The van der Waals surface area contributed by atoms with Crippen LogP contribution < -0.4 is 16.4 Å². The van der Waals surface area contributed by atoms with Crippen LogP contribution >= 0.6 is 12.4 Å². The zero-order valence-corrected chi connectivity index (χ0v) is 12.8. The van der Waals surface area contributed by atoms with Crippen LogP contribution in [0.4, 0.5) is 0 Å². The zero-order valence-electron chi connectivity index (χ0n) is 12.0. The van der Waals surface area contributed by atoms with Gasteiger partial charge in [-0.05, 0) is 33.1 Å². The Kier molecular flexibility index (Phi) is 7.37. The molecule has 6 heteroatoms. The Morgan fingerprint density at radius 2 is 1.95 bits per heavy atom. The lowest BCUT2D eigenvalue weighted by Crippen LogP contribution is -2.46. The van der Waals surface area contributed by atoms with E-state index >= 15 is 0 Å². The molecule has 0 saturated heterocycles. The first kappa shape index (κ1) is 18.2. The first-order chi connectivity index (χ1) is 8.36. The van der Waals surface area contributed by atoms with Gasteiger partial charge in [-0.15, -0.1) is 12.4 Å². The van der Waals surface area contributed by atoms with Crippen molar-refractivity contribution >= 4 is 24.2 Å². The predicted molar refractivity (Wildman–Crippen MR) is 78.0 cm³/mol. The molecule has 1 rings (SSSR count). The van der Waals surface area contributed by atoms with Crippen molar-refractivity contribution in [3.05, 3.63) is 0 Å². The normalized spacial score (nSPS) is 23.2. The van der Waals surface area contributed by atoms with Gasteiger partial charge < -0.3 is 16.4 Å². The maximum absolute atomic E-state index is 12.0. The van der Waals surface area contributed by atoms with Crippen molar-refractivity contribution in [1.82, 2.24) is 10.6 Å². The second kappa shape index (κ2) is 7.70. The van der Waals surface area contributed by atoms with E-state index < -0.39 is 5.41 Å². The van der Waals surface area contributed by atoms with Crippen molar-refractivity contribution in [2.75, 3.05) is 13.6 Å². The summed E-state index contributed by atoms with van der Waals surface area (Å²) >= 11 is 0. The number of nitrogens with two attached hydrogens (primary N) is 1. The second-order valence-electron chi connectivity index (χ2n) is 5.80. The molecule has 19 heavy (non-hydrogen) atoms. The van der Waals surface area contributed by atoms with Crippen molar-refractivity contribution in [2.45, 2.75) is 45.6 Å². The van der Waals surface area contributed by atoms with E-state index in [0.29, 0.717) is 6.54 Å². The summed E-state index contributed by atoms with van der Waals surface area (Å²) in [5.41, 5.74) is 5.29. The molecule has 0 bridgehead atoms. The number of hydrogen-bond acceptors (Lipinski definition) is 3. The number of hydrogen-bond donors (Lipinski definition) is 3. The summed E-state index contributed by atoms with van der Waals surface area (Å²) in [6.45, 7) is 3.99. The SMILES string of the molecule is CNC(=O)C(C)(C)CNC(=O)C1CCCC(N)C1.Cl. The number of carbonyl (C=O) groups is 2. The third-order valence-electron chi connectivity index (χ3n) is 3.63. The van der Waals surface area contributed by atoms with Crippen LogP contribution in [0.3, 0.4) is 0 Å². The lowest BCUT2D eigenvalue weighted by atomic mass is 9.85. The first-order valence-corrected chi connectivity index (χ1v) is 6.62. The van der Waals surface area contributed by atoms with Crippen LogP contribution in [-0.2, 0) is 9.59 Å². The molecule has 1 aliphatic rings. The summed E-state index contributed by atoms with van der Waals surface area (Å²) in [6.07, 6.45) is 3.68. The van der Waals surface area contributed by atoms with Crippen molar-refractivity contribution in [1.29, 1.82) is 0 Å². The molecule has 1 saturated carbocycles. The Balaban J connectivity index is 0.00000324. The minimum atomic E-state index is -0.582. The van der Waals surface area contributed by atoms with Gasteiger partial charge in [0.25, 0.3) is 0 Å². The van der Waals surface area contributed by atoms with Gasteiger partial charge in [0.2, 0.25) is 11.8 Å². The number of halogens is 1. The van der Waals surface area contributed by atoms with E-state index in [-0.39, 0.29) is 36.2 Å². The van der Waals surface area contributed by atoms with Gasteiger partial charge in [0.1, 0.15) is 0 Å². The Hall–Kier alpha value is -0.810. The molecule has 5 nitrogen and oxygen atoms in total. The molecule has 1 fully saturated rings. The molecule has 4 N–H and O–H groups in total. The Bertz CT molecular complexity index is 321. The molecule has 0 aliphatic heterocycles. The van der Waals surface area contributed by atoms with E-state index in [9.17, 15) is 9.59 Å². The minimum absolute atomic E-state index is 0. The largest absolute Gasteiger partial charge is 0.359 e. The van der Waals surface area contributed by atoms with Crippen LogP contribution in [0.15, 0.2) is 0 Å². The van der Waals surface area contributed by atoms with Crippen LogP contribution in [0.1, 0.15) is 39.5 Å². The highest BCUT2D eigenvalue weighted by Crippen LogP contribution is 2.23. The number of amides is 2. The Morgan fingerprint density at radius 3 is 2.47 bits per heavy atom. The maximum Gasteiger partial charge on any atom is 0.227 e. The standard InChI is InChI=1S/C13H25N3O2.ClH/c1-13(2,12(18)15-3)8-16-11(17)9-5-4-6-10(14)7-9;/h9-10H,4-8,14H2,1-3H3,(H,15,18)(H,16,17);1H. The van der Waals surface area contributed by atoms with Crippen molar-refractivity contribution < 1.29 is 9.59 Å². The highest BCUT2D eigenvalue weighted by Gasteiger charge is 2.30. The lowest BCUT2D eigenvalue weighted by molar-refractivity contribution is -0.130. The fourth-order valence-corrected chi connectivity index (χ4v) is 2.34. The molecule has 0 aromatic rings. The molecule has 2 unspecified atom stereocenters. The predicted octanol–water partition coefficient (Wildman–Crippen LogP) is 0.814. The summed E-state index contributed by atoms with van der Waals surface area (Å²) in [6, 6.07) is 0.140. The van der Waals surface area contributed by atoms with Gasteiger partial charge in [-0.1, -0.05) is 6.42 Å². The highest BCUT2D eigenvalue weighted by molar-refractivity contribution is 5.85. The smallest absolute Gasteiger partial charge is 0.227 e. The number of nitrogens with one attached hydrogen (secondary N) is 2. The van der Waals surface area contributed by atoms with Crippen LogP contribution in [0.2, 0.25) is 0 Å². The van der Waals surface area contributed by atoms with Gasteiger partial charge in [0, 0.05) is 25.6 Å². The van der Waals surface area contributed by atoms with E-state index in [0.717, 1.165) is 25.7 Å².